The topological polar surface area (TPSA) is 84.0 Å². The van der Waals surface area contributed by atoms with E-state index in [1.54, 1.807) is 17.3 Å². The van der Waals surface area contributed by atoms with Gasteiger partial charge in [0.1, 0.15) is 18.2 Å². The number of aromatic nitrogens is 1. The summed E-state index contributed by atoms with van der Waals surface area (Å²) in [6, 6.07) is 3.44. The molecule has 0 aliphatic carbocycles. The van der Waals surface area contributed by atoms with Crippen LogP contribution in [0.25, 0.3) is 0 Å². The Morgan fingerprint density at radius 2 is 2.23 bits per heavy atom. The molecule has 8 heteroatoms. The largest absolute Gasteiger partial charge is 0.372 e. The van der Waals surface area contributed by atoms with E-state index in [2.05, 4.69) is 10.3 Å². The predicted molar refractivity (Wildman–Crippen MR) is 94.3 cm³/mol. The van der Waals surface area contributed by atoms with Crippen LogP contribution in [0.5, 0.6) is 0 Å². The number of carbonyl (C=O) groups is 2. The highest BCUT2D eigenvalue weighted by Gasteiger charge is 2.51. The number of ether oxygens (including phenoxy) is 2. The van der Waals surface area contributed by atoms with Crippen LogP contribution in [0.2, 0.25) is 0 Å². The first-order chi connectivity index (χ1) is 12.5. The molecule has 0 bridgehead atoms. The second-order valence-corrected chi connectivity index (χ2v) is 6.89. The van der Waals surface area contributed by atoms with Crippen molar-refractivity contribution in [3.8, 4) is 0 Å². The fraction of sp³-hybridized carbons (Fsp3) is 0.611. The maximum absolute atomic E-state index is 12.5. The fourth-order valence-electron chi connectivity index (χ4n) is 3.38. The summed E-state index contributed by atoms with van der Waals surface area (Å²) < 4.78 is 11.2. The number of carbonyl (C=O) groups excluding carboxylic acids is 2. The molecule has 2 aliphatic rings. The molecule has 1 aromatic heterocycles. The number of pyridine rings is 1. The molecule has 0 radical (unpaired) electrons. The monoisotopic (exact) mass is 362 g/mol. The van der Waals surface area contributed by atoms with Crippen LogP contribution in [-0.4, -0.2) is 84.7 Å². The molecule has 2 amide bonds. The molecule has 1 spiro atoms. The Hall–Kier alpha value is -2.03. The van der Waals surface area contributed by atoms with E-state index in [-0.39, 0.29) is 30.1 Å². The number of nitrogens with zero attached hydrogens (tertiary/aromatic N) is 3. The molecule has 8 nitrogen and oxygen atoms in total. The molecule has 3 rings (SSSR count). The smallest absolute Gasteiger partial charge is 0.248 e. The van der Waals surface area contributed by atoms with E-state index in [4.69, 9.17) is 9.47 Å². The number of hydrogen-bond acceptors (Lipinski definition) is 6. The SMILES string of the molecule is CCOCC(=O)N1CC2(C1)CN(C)[C@H](C(=O)NCc1cccnc1)CO2. The zero-order chi connectivity index (χ0) is 18.6. The van der Waals surface area contributed by atoms with E-state index in [1.807, 2.05) is 31.0 Å². The maximum atomic E-state index is 12.5. The lowest BCUT2D eigenvalue weighted by Crippen LogP contribution is -2.73. The van der Waals surface area contributed by atoms with Gasteiger partial charge >= 0.3 is 0 Å². The molecular weight excluding hydrogens is 336 g/mol. The standard InChI is InChI=1S/C18H26N4O4/c1-3-25-10-16(23)22-12-18(13-22)11-21(2)15(9-26-18)17(24)20-8-14-5-4-6-19-7-14/h4-7,15H,3,8-13H2,1-2H3,(H,20,24)/t15-/m0/s1. The third kappa shape index (κ3) is 4.20. The summed E-state index contributed by atoms with van der Waals surface area (Å²) in [5.74, 6) is -0.0742. The Labute approximate surface area is 153 Å². The van der Waals surface area contributed by atoms with Crippen molar-refractivity contribution < 1.29 is 19.1 Å². The first-order valence-electron chi connectivity index (χ1n) is 8.89. The highest BCUT2D eigenvalue weighted by atomic mass is 16.5. The molecule has 3 heterocycles. The molecule has 2 fully saturated rings. The van der Waals surface area contributed by atoms with Gasteiger partial charge in [0.2, 0.25) is 11.8 Å². The molecule has 1 atom stereocenters. The Kier molecular flexibility index (Phi) is 5.85. The van der Waals surface area contributed by atoms with Crippen LogP contribution in [0.1, 0.15) is 12.5 Å². The van der Waals surface area contributed by atoms with Gasteiger partial charge in [0.05, 0.1) is 19.7 Å². The van der Waals surface area contributed by atoms with Crippen LogP contribution in [0.3, 0.4) is 0 Å². The molecule has 26 heavy (non-hydrogen) atoms. The fourth-order valence-corrected chi connectivity index (χ4v) is 3.38. The number of rotatable bonds is 6. The third-order valence-corrected chi connectivity index (χ3v) is 4.85. The van der Waals surface area contributed by atoms with Crippen molar-refractivity contribution in [3.05, 3.63) is 30.1 Å². The average Bonchev–Trinajstić information content (AvgIpc) is 2.62. The Balaban J connectivity index is 1.45. The summed E-state index contributed by atoms with van der Waals surface area (Å²) >= 11 is 0. The summed E-state index contributed by atoms with van der Waals surface area (Å²) in [4.78, 5) is 32.2. The highest BCUT2D eigenvalue weighted by molar-refractivity contribution is 5.82. The van der Waals surface area contributed by atoms with Crippen molar-refractivity contribution >= 4 is 11.8 Å². The van der Waals surface area contributed by atoms with Crippen LogP contribution < -0.4 is 5.32 Å². The van der Waals surface area contributed by atoms with Gasteiger partial charge in [-0.1, -0.05) is 6.07 Å². The van der Waals surface area contributed by atoms with Crippen LogP contribution in [-0.2, 0) is 25.6 Å². The molecule has 2 saturated heterocycles. The second-order valence-electron chi connectivity index (χ2n) is 6.89. The van der Waals surface area contributed by atoms with Gasteiger partial charge in [-0.2, -0.15) is 0 Å². The van der Waals surface area contributed by atoms with Gasteiger partial charge in [-0.05, 0) is 25.6 Å². The van der Waals surface area contributed by atoms with E-state index in [1.165, 1.54) is 0 Å². The second kappa shape index (κ2) is 8.11. The lowest BCUT2D eigenvalue weighted by atomic mass is 9.90. The van der Waals surface area contributed by atoms with E-state index in [0.717, 1.165) is 5.56 Å². The van der Waals surface area contributed by atoms with Crippen molar-refractivity contribution in [2.45, 2.75) is 25.1 Å². The minimum atomic E-state index is -0.364. The zero-order valence-corrected chi connectivity index (χ0v) is 15.3. The lowest BCUT2D eigenvalue weighted by molar-refractivity contribution is -0.202. The Morgan fingerprint density at radius 3 is 2.88 bits per heavy atom. The van der Waals surface area contributed by atoms with Crippen LogP contribution >= 0.6 is 0 Å². The van der Waals surface area contributed by atoms with Gasteiger partial charge in [-0.25, -0.2) is 0 Å². The quantitative estimate of drug-likeness (QED) is 0.745. The van der Waals surface area contributed by atoms with Crippen LogP contribution in [0.4, 0.5) is 0 Å². The van der Waals surface area contributed by atoms with Gasteiger partial charge in [-0.3, -0.25) is 19.5 Å². The Bertz CT molecular complexity index is 633. The van der Waals surface area contributed by atoms with Crippen molar-refractivity contribution in [2.24, 2.45) is 0 Å². The predicted octanol–water partition coefficient (Wildman–Crippen LogP) is -0.354. The molecule has 142 valence electrons. The number of amides is 2. The van der Waals surface area contributed by atoms with Crippen LogP contribution in [0, 0.1) is 0 Å². The minimum absolute atomic E-state index is 0.0138. The van der Waals surface area contributed by atoms with Gasteiger partial charge in [0.25, 0.3) is 0 Å². The van der Waals surface area contributed by atoms with Gasteiger partial charge in [0, 0.05) is 32.1 Å². The number of hydrogen-bond donors (Lipinski definition) is 1. The van der Waals surface area contributed by atoms with Crippen molar-refractivity contribution in [3.63, 3.8) is 0 Å². The van der Waals surface area contributed by atoms with Gasteiger partial charge in [0.15, 0.2) is 0 Å². The molecule has 1 aromatic rings. The zero-order valence-electron chi connectivity index (χ0n) is 15.3. The molecule has 2 aliphatic heterocycles. The van der Waals surface area contributed by atoms with Gasteiger partial charge < -0.3 is 19.7 Å². The lowest BCUT2D eigenvalue weighted by Gasteiger charge is -2.54. The average molecular weight is 362 g/mol. The molecular formula is C18H26N4O4. The number of likely N-dealkylation sites (N-methyl/N-ethyl adjacent to an activating group) is 1. The number of morpholine rings is 1. The summed E-state index contributed by atoms with van der Waals surface area (Å²) in [5.41, 5.74) is 0.593. The molecule has 1 N–H and O–H groups in total. The molecule has 0 saturated carbocycles. The van der Waals surface area contributed by atoms with Crippen LogP contribution in [0.15, 0.2) is 24.5 Å². The summed E-state index contributed by atoms with van der Waals surface area (Å²) in [6.07, 6.45) is 3.44. The summed E-state index contributed by atoms with van der Waals surface area (Å²) in [6.45, 7) is 4.99. The van der Waals surface area contributed by atoms with E-state index < -0.39 is 0 Å². The van der Waals surface area contributed by atoms with Crippen molar-refractivity contribution in [1.29, 1.82) is 0 Å². The number of likely N-dealkylation sites (tertiary alicyclic amines) is 1. The minimum Gasteiger partial charge on any atom is -0.372 e. The summed E-state index contributed by atoms with van der Waals surface area (Å²) in [7, 11) is 1.92. The molecule has 0 unspecified atom stereocenters. The number of nitrogens with one attached hydrogen (secondary N) is 1. The summed E-state index contributed by atoms with van der Waals surface area (Å²) in [5, 5.41) is 2.93. The maximum Gasteiger partial charge on any atom is 0.248 e. The first kappa shape index (κ1) is 18.8. The first-order valence-corrected chi connectivity index (χ1v) is 8.89. The van der Waals surface area contributed by atoms with Crippen molar-refractivity contribution in [2.75, 3.05) is 46.5 Å². The normalized spacial score (nSPS) is 22.1. The third-order valence-electron chi connectivity index (χ3n) is 4.85. The highest BCUT2D eigenvalue weighted by Crippen LogP contribution is 2.30. The Morgan fingerprint density at radius 1 is 1.42 bits per heavy atom. The molecule has 0 aromatic carbocycles. The van der Waals surface area contributed by atoms with Crippen molar-refractivity contribution in [1.82, 2.24) is 20.1 Å². The van der Waals surface area contributed by atoms with E-state index in [9.17, 15) is 9.59 Å². The van der Waals surface area contributed by atoms with Gasteiger partial charge in [-0.15, -0.1) is 0 Å². The van der Waals surface area contributed by atoms with E-state index in [0.29, 0.717) is 39.4 Å². The van der Waals surface area contributed by atoms with E-state index >= 15 is 0 Å².